The molecule has 2 rings (SSSR count). The Kier molecular flexibility index (Phi) is 3.64. The van der Waals surface area contributed by atoms with Crippen LogP contribution in [0.1, 0.15) is 38.6 Å². The highest BCUT2D eigenvalue weighted by atomic mass is 32.2. The predicted molar refractivity (Wildman–Crippen MR) is 69.4 cm³/mol. The summed E-state index contributed by atoms with van der Waals surface area (Å²) < 4.78 is 23.9. The largest absolute Gasteiger partial charge is 0.328 e. The molecule has 1 aromatic rings. The average molecular weight is 287 g/mol. The monoisotopic (exact) mass is 287 g/mol. The van der Waals surface area contributed by atoms with E-state index >= 15 is 0 Å². The fourth-order valence-electron chi connectivity index (χ4n) is 2.60. The van der Waals surface area contributed by atoms with E-state index in [-0.39, 0.29) is 6.04 Å². The van der Waals surface area contributed by atoms with Gasteiger partial charge in [-0.05, 0) is 18.8 Å². The molecule has 8 heteroatoms. The first kappa shape index (κ1) is 14.0. The molecule has 1 aliphatic rings. The van der Waals surface area contributed by atoms with E-state index in [0.717, 1.165) is 31.9 Å². The number of aromatic amines is 1. The second-order valence-electron chi connectivity index (χ2n) is 5.13. The molecule has 2 unspecified atom stereocenters. The average Bonchev–Trinajstić information content (AvgIpc) is 2.27. The number of aromatic nitrogens is 2. The van der Waals surface area contributed by atoms with Crippen LogP contribution in [0.15, 0.2) is 20.7 Å². The molecular weight excluding hydrogens is 270 g/mol. The van der Waals surface area contributed by atoms with Crippen LogP contribution in [-0.2, 0) is 10.0 Å². The Bertz CT molecular complexity index is 689. The fourth-order valence-corrected chi connectivity index (χ4v) is 3.17. The van der Waals surface area contributed by atoms with E-state index in [1.807, 2.05) is 4.98 Å². The third-order valence-corrected chi connectivity index (χ3v) is 4.45. The standard InChI is InChI=1S/C11H17N3O4S/c1-7-3-2-4-8(5-7)14-6-9(19(12,17)18)10(15)13-11(14)16/h6-8H,2-5H2,1H3,(H2,12,17,18)(H,13,15,16). The summed E-state index contributed by atoms with van der Waals surface area (Å²) in [5.74, 6) is 0.468. The second kappa shape index (κ2) is 4.93. The van der Waals surface area contributed by atoms with Gasteiger partial charge in [0.2, 0.25) is 10.0 Å². The van der Waals surface area contributed by atoms with Gasteiger partial charge in [-0.15, -0.1) is 0 Å². The molecule has 1 aliphatic carbocycles. The maximum atomic E-state index is 11.8. The molecule has 1 fully saturated rings. The van der Waals surface area contributed by atoms with Crippen molar-refractivity contribution in [3.05, 3.63) is 27.0 Å². The van der Waals surface area contributed by atoms with Crippen molar-refractivity contribution >= 4 is 10.0 Å². The van der Waals surface area contributed by atoms with E-state index in [1.165, 1.54) is 4.57 Å². The summed E-state index contributed by atoms with van der Waals surface area (Å²) in [5, 5.41) is 4.97. The predicted octanol–water partition coefficient (Wildman–Crippen LogP) is -0.0648. The quantitative estimate of drug-likeness (QED) is 0.792. The van der Waals surface area contributed by atoms with Crippen LogP contribution >= 0.6 is 0 Å². The Labute approximate surface area is 110 Å². The zero-order valence-corrected chi connectivity index (χ0v) is 11.4. The Morgan fingerprint density at radius 2 is 2.05 bits per heavy atom. The summed E-state index contributed by atoms with van der Waals surface area (Å²) in [6.45, 7) is 2.09. The molecule has 0 aromatic carbocycles. The van der Waals surface area contributed by atoms with Crippen LogP contribution in [0.3, 0.4) is 0 Å². The van der Waals surface area contributed by atoms with Crippen molar-refractivity contribution in [2.45, 2.75) is 43.5 Å². The van der Waals surface area contributed by atoms with Crippen LogP contribution in [0.2, 0.25) is 0 Å². The first-order valence-electron chi connectivity index (χ1n) is 6.17. The van der Waals surface area contributed by atoms with E-state index in [0.29, 0.717) is 5.92 Å². The van der Waals surface area contributed by atoms with E-state index in [4.69, 9.17) is 5.14 Å². The third-order valence-electron chi connectivity index (χ3n) is 3.54. The van der Waals surface area contributed by atoms with E-state index in [2.05, 4.69) is 6.92 Å². The molecule has 0 aliphatic heterocycles. The zero-order chi connectivity index (χ0) is 14.2. The van der Waals surface area contributed by atoms with E-state index in [1.54, 1.807) is 0 Å². The van der Waals surface area contributed by atoms with Gasteiger partial charge in [0.15, 0.2) is 4.90 Å². The molecule has 0 saturated heterocycles. The molecule has 1 aromatic heterocycles. The summed E-state index contributed by atoms with van der Waals surface area (Å²) in [7, 11) is -4.13. The molecule has 0 spiro atoms. The summed E-state index contributed by atoms with van der Waals surface area (Å²) in [6.07, 6.45) is 4.72. The number of hydrogen-bond donors (Lipinski definition) is 2. The van der Waals surface area contributed by atoms with Gasteiger partial charge in [0.25, 0.3) is 5.56 Å². The highest BCUT2D eigenvalue weighted by Crippen LogP contribution is 2.31. The molecule has 3 N–H and O–H groups in total. The van der Waals surface area contributed by atoms with E-state index in [9.17, 15) is 18.0 Å². The van der Waals surface area contributed by atoms with Gasteiger partial charge in [-0.25, -0.2) is 18.4 Å². The summed E-state index contributed by atoms with van der Waals surface area (Å²) >= 11 is 0. The minimum absolute atomic E-state index is 0.0893. The van der Waals surface area contributed by atoms with Gasteiger partial charge < -0.3 is 0 Å². The van der Waals surface area contributed by atoms with Gasteiger partial charge in [0.05, 0.1) is 0 Å². The van der Waals surface area contributed by atoms with Crippen molar-refractivity contribution in [2.24, 2.45) is 11.1 Å². The van der Waals surface area contributed by atoms with Crippen LogP contribution in [0.25, 0.3) is 0 Å². The fraction of sp³-hybridized carbons (Fsp3) is 0.636. The Morgan fingerprint density at radius 1 is 1.37 bits per heavy atom. The van der Waals surface area contributed by atoms with Crippen LogP contribution in [0.4, 0.5) is 0 Å². The molecule has 2 atom stereocenters. The smallest absolute Gasteiger partial charge is 0.296 e. The van der Waals surface area contributed by atoms with Crippen LogP contribution in [0.5, 0.6) is 0 Å². The molecule has 19 heavy (non-hydrogen) atoms. The lowest BCUT2D eigenvalue weighted by Gasteiger charge is -2.28. The molecule has 7 nitrogen and oxygen atoms in total. The molecule has 106 valence electrons. The topological polar surface area (TPSA) is 115 Å². The first-order valence-corrected chi connectivity index (χ1v) is 7.72. The van der Waals surface area contributed by atoms with Gasteiger partial charge in [-0.3, -0.25) is 14.3 Å². The molecule has 0 bridgehead atoms. The van der Waals surface area contributed by atoms with Crippen molar-refractivity contribution in [1.82, 2.24) is 9.55 Å². The summed E-state index contributed by atoms with van der Waals surface area (Å²) in [4.78, 5) is 24.7. The van der Waals surface area contributed by atoms with Gasteiger partial charge in [-0.1, -0.05) is 19.8 Å². The number of nitrogens with zero attached hydrogens (tertiary/aromatic N) is 1. The third kappa shape index (κ3) is 2.95. The number of nitrogens with two attached hydrogens (primary N) is 1. The highest BCUT2D eigenvalue weighted by Gasteiger charge is 2.23. The van der Waals surface area contributed by atoms with Gasteiger partial charge in [0.1, 0.15) is 0 Å². The number of primary sulfonamides is 1. The van der Waals surface area contributed by atoms with Crippen molar-refractivity contribution in [2.75, 3.05) is 0 Å². The maximum Gasteiger partial charge on any atom is 0.328 e. The second-order valence-corrected chi connectivity index (χ2v) is 6.66. The molecule has 0 radical (unpaired) electrons. The Morgan fingerprint density at radius 3 is 2.63 bits per heavy atom. The molecule has 0 amide bonds. The number of hydrogen-bond acceptors (Lipinski definition) is 4. The SMILES string of the molecule is CC1CCCC(n2cc(S(N)(=O)=O)c(=O)[nH]c2=O)C1. The van der Waals surface area contributed by atoms with Crippen molar-refractivity contribution in [1.29, 1.82) is 0 Å². The van der Waals surface area contributed by atoms with Gasteiger partial charge in [-0.2, -0.15) is 0 Å². The lowest BCUT2D eigenvalue weighted by Crippen LogP contribution is -2.37. The maximum absolute atomic E-state index is 11.8. The normalized spacial score (nSPS) is 24.3. The van der Waals surface area contributed by atoms with Crippen molar-refractivity contribution in [3.63, 3.8) is 0 Å². The zero-order valence-electron chi connectivity index (χ0n) is 10.6. The number of sulfonamides is 1. The first-order chi connectivity index (χ1) is 8.79. The molecule has 1 heterocycles. The Balaban J connectivity index is 2.52. The minimum atomic E-state index is -4.13. The number of rotatable bonds is 2. The molecular formula is C11H17N3O4S. The number of nitrogens with one attached hydrogen (secondary N) is 1. The van der Waals surface area contributed by atoms with Gasteiger partial charge in [0, 0.05) is 12.2 Å². The van der Waals surface area contributed by atoms with Crippen molar-refractivity contribution < 1.29 is 8.42 Å². The lowest BCUT2D eigenvalue weighted by atomic mass is 9.87. The number of H-pyrrole nitrogens is 1. The highest BCUT2D eigenvalue weighted by molar-refractivity contribution is 7.89. The van der Waals surface area contributed by atoms with Crippen LogP contribution in [-0.4, -0.2) is 18.0 Å². The van der Waals surface area contributed by atoms with Gasteiger partial charge >= 0.3 is 5.69 Å². The van der Waals surface area contributed by atoms with Crippen molar-refractivity contribution in [3.8, 4) is 0 Å². The molecule has 1 saturated carbocycles. The summed E-state index contributed by atoms with van der Waals surface area (Å²) in [5.41, 5.74) is -1.55. The lowest BCUT2D eigenvalue weighted by molar-refractivity contribution is 0.274. The Hall–Kier alpha value is -1.41. The minimum Gasteiger partial charge on any atom is -0.296 e. The van der Waals surface area contributed by atoms with Crippen LogP contribution < -0.4 is 16.4 Å². The van der Waals surface area contributed by atoms with Crippen LogP contribution in [0, 0.1) is 5.92 Å². The summed E-state index contributed by atoms with van der Waals surface area (Å²) in [6, 6.07) is -0.0893. The van der Waals surface area contributed by atoms with E-state index < -0.39 is 26.2 Å².